The van der Waals surface area contributed by atoms with Crippen molar-refractivity contribution in [3.05, 3.63) is 28.9 Å². The van der Waals surface area contributed by atoms with E-state index < -0.39 is 0 Å². The summed E-state index contributed by atoms with van der Waals surface area (Å²) in [6.45, 7) is 2.85. The van der Waals surface area contributed by atoms with Gasteiger partial charge in [0.1, 0.15) is 10.4 Å². The average Bonchev–Trinajstić information content (AvgIpc) is 3.10. The molecule has 0 bridgehead atoms. The number of hydrogen-bond acceptors (Lipinski definition) is 4. The maximum absolute atomic E-state index is 5.70. The van der Waals surface area contributed by atoms with Crippen molar-refractivity contribution in [3.8, 4) is 11.6 Å². The third-order valence-electron chi connectivity index (χ3n) is 2.79. The summed E-state index contributed by atoms with van der Waals surface area (Å²) in [5, 5.41) is 4.16. The van der Waals surface area contributed by atoms with Crippen molar-refractivity contribution < 1.29 is 4.74 Å². The largest absolute Gasteiger partial charge is 0.436 e. The molecule has 1 aliphatic rings. The molecule has 0 amide bonds. The van der Waals surface area contributed by atoms with Gasteiger partial charge in [0, 0.05) is 18.5 Å². The summed E-state index contributed by atoms with van der Waals surface area (Å²) in [6.07, 6.45) is 5.89. The number of aromatic nitrogens is 4. The highest BCUT2D eigenvalue weighted by Gasteiger charge is 2.27. The minimum absolute atomic E-state index is 0.503. The van der Waals surface area contributed by atoms with Crippen LogP contribution >= 0.6 is 15.9 Å². The molecule has 0 atom stereocenters. The molecule has 2 aromatic rings. The van der Waals surface area contributed by atoms with E-state index in [0.717, 1.165) is 17.0 Å². The zero-order chi connectivity index (χ0) is 12.5. The second-order valence-electron chi connectivity index (χ2n) is 4.30. The average molecular weight is 309 g/mol. The molecule has 6 heteroatoms. The summed E-state index contributed by atoms with van der Waals surface area (Å²) < 4.78 is 8.27. The second-order valence-corrected chi connectivity index (χ2v) is 5.11. The molecule has 3 rings (SSSR count). The molecule has 18 heavy (non-hydrogen) atoms. The Morgan fingerprint density at radius 2 is 2.28 bits per heavy atom. The predicted molar refractivity (Wildman–Crippen MR) is 69.7 cm³/mol. The minimum Gasteiger partial charge on any atom is -0.436 e. The minimum atomic E-state index is 0.503. The summed E-state index contributed by atoms with van der Waals surface area (Å²) in [7, 11) is 0. The normalized spacial score (nSPS) is 14.8. The van der Waals surface area contributed by atoms with Crippen molar-refractivity contribution in [3.63, 3.8) is 0 Å². The van der Waals surface area contributed by atoms with E-state index >= 15 is 0 Å². The maximum atomic E-state index is 5.70. The number of halogens is 1. The van der Waals surface area contributed by atoms with E-state index in [2.05, 4.69) is 31.0 Å². The van der Waals surface area contributed by atoms with Crippen LogP contribution in [0.4, 0.5) is 0 Å². The lowest BCUT2D eigenvalue weighted by molar-refractivity contribution is 0.456. The van der Waals surface area contributed by atoms with Gasteiger partial charge in [0.15, 0.2) is 5.75 Å². The van der Waals surface area contributed by atoms with Gasteiger partial charge in [-0.3, -0.25) is 4.68 Å². The second kappa shape index (κ2) is 4.68. The number of aryl methyl sites for hydroxylation is 1. The first kappa shape index (κ1) is 11.6. The fourth-order valence-electron chi connectivity index (χ4n) is 1.68. The summed E-state index contributed by atoms with van der Waals surface area (Å²) in [5.74, 6) is 2.63. The van der Waals surface area contributed by atoms with Crippen molar-refractivity contribution in [2.75, 3.05) is 0 Å². The first-order valence-corrected chi connectivity index (χ1v) is 6.78. The summed E-state index contributed by atoms with van der Waals surface area (Å²) in [6, 6.07) is 1.77. The van der Waals surface area contributed by atoms with E-state index in [0.29, 0.717) is 17.5 Å². The van der Waals surface area contributed by atoms with E-state index in [1.54, 1.807) is 12.3 Å². The Kier molecular flexibility index (Phi) is 3.03. The molecule has 0 unspecified atom stereocenters. The fourth-order valence-corrected chi connectivity index (χ4v) is 2.06. The van der Waals surface area contributed by atoms with Gasteiger partial charge in [-0.1, -0.05) is 0 Å². The summed E-state index contributed by atoms with van der Waals surface area (Å²) >= 11 is 3.39. The molecular formula is C12H13BrN4O. The van der Waals surface area contributed by atoms with Crippen LogP contribution in [0.2, 0.25) is 0 Å². The highest BCUT2D eigenvalue weighted by Crippen LogP contribution is 2.39. The monoisotopic (exact) mass is 308 g/mol. The number of ether oxygens (including phenoxy) is 1. The van der Waals surface area contributed by atoms with Gasteiger partial charge in [0.2, 0.25) is 5.88 Å². The highest BCUT2D eigenvalue weighted by atomic mass is 79.9. The summed E-state index contributed by atoms with van der Waals surface area (Å²) in [5.41, 5.74) is 0. The van der Waals surface area contributed by atoms with Crippen molar-refractivity contribution in [2.24, 2.45) is 0 Å². The molecule has 2 aromatic heterocycles. The zero-order valence-corrected chi connectivity index (χ0v) is 11.6. The molecule has 1 aliphatic carbocycles. The van der Waals surface area contributed by atoms with Gasteiger partial charge in [-0.2, -0.15) is 10.1 Å². The number of nitrogens with zero attached hydrogens (tertiary/aromatic N) is 4. The van der Waals surface area contributed by atoms with E-state index in [-0.39, 0.29) is 0 Å². The van der Waals surface area contributed by atoms with Crippen molar-refractivity contribution in [1.82, 2.24) is 19.7 Å². The molecule has 5 nitrogen and oxygen atoms in total. The van der Waals surface area contributed by atoms with Crippen molar-refractivity contribution >= 4 is 15.9 Å². The molecular weight excluding hydrogens is 296 g/mol. The first-order valence-electron chi connectivity index (χ1n) is 5.99. The van der Waals surface area contributed by atoms with Gasteiger partial charge in [-0.15, -0.1) is 0 Å². The van der Waals surface area contributed by atoms with Crippen LogP contribution in [0.15, 0.2) is 23.1 Å². The lowest BCUT2D eigenvalue weighted by Crippen LogP contribution is -1.96. The van der Waals surface area contributed by atoms with E-state index in [1.807, 2.05) is 17.8 Å². The SMILES string of the molecule is CCn1cc(Oc2cc(Br)nc(C3CC3)n2)cn1. The van der Waals surface area contributed by atoms with E-state index in [1.165, 1.54) is 12.8 Å². The smallest absolute Gasteiger partial charge is 0.223 e. The topological polar surface area (TPSA) is 52.8 Å². The van der Waals surface area contributed by atoms with Gasteiger partial charge >= 0.3 is 0 Å². The Morgan fingerprint density at radius 1 is 1.44 bits per heavy atom. The Balaban J connectivity index is 1.82. The first-order chi connectivity index (χ1) is 8.74. The Bertz CT molecular complexity index is 565. The molecule has 0 aliphatic heterocycles. The standard InChI is InChI=1S/C12H13BrN4O/c1-2-17-7-9(6-14-17)18-11-5-10(13)15-12(16-11)8-3-4-8/h5-8H,2-4H2,1H3. The molecule has 0 N–H and O–H groups in total. The van der Waals surface area contributed by atoms with Crippen LogP contribution in [0.5, 0.6) is 11.6 Å². The van der Waals surface area contributed by atoms with Crippen LogP contribution in [-0.2, 0) is 6.54 Å². The molecule has 1 saturated carbocycles. The van der Waals surface area contributed by atoms with Crippen LogP contribution < -0.4 is 4.74 Å². The number of rotatable bonds is 4. The van der Waals surface area contributed by atoms with Gasteiger partial charge in [0.05, 0.1) is 12.4 Å². The third kappa shape index (κ3) is 2.53. The van der Waals surface area contributed by atoms with Crippen LogP contribution in [-0.4, -0.2) is 19.7 Å². The van der Waals surface area contributed by atoms with Crippen molar-refractivity contribution in [1.29, 1.82) is 0 Å². The predicted octanol–water partition coefficient (Wildman–Crippen LogP) is 3.13. The van der Waals surface area contributed by atoms with Gasteiger partial charge in [-0.05, 0) is 35.7 Å². The summed E-state index contributed by atoms with van der Waals surface area (Å²) in [4.78, 5) is 8.79. The highest BCUT2D eigenvalue weighted by molar-refractivity contribution is 9.10. The Morgan fingerprint density at radius 3 is 2.94 bits per heavy atom. The lowest BCUT2D eigenvalue weighted by Gasteiger charge is -2.04. The van der Waals surface area contributed by atoms with Crippen LogP contribution in [0.25, 0.3) is 0 Å². The fraction of sp³-hybridized carbons (Fsp3) is 0.417. The van der Waals surface area contributed by atoms with Gasteiger partial charge in [-0.25, -0.2) is 4.98 Å². The zero-order valence-electron chi connectivity index (χ0n) is 10.0. The molecule has 0 spiro atoms. The molecule has 0 aromatic carbocycles. The van der Waals surface area contributed by atoms with E-state index in [9.17, 15) is 0 Å². The lowest BCUT2D eigenvalue weighted by atomic mass is 10.4. The van der Waals surface area contributed by atoms with Gasteiger partial charge < -0.3 is 4.74 Å². The van der Waals surface area contributed by atoms with Crippen LogP contribution in [0, 0.1) is 0 Å². The van der Waals surface area contributed by atoms with Crippen LogP contribution in [0.1, 0.15) is 31.5 Å². The third-order valence-corrected chi connectivity index (χ3v) is 3.19. The Labute approximate surface area is 113 Å². The Hall–Kier alpha value is -1.43. The van der Waals surface area contributed by atoms with Gasteiger partial charge in [0.25, 0.3) is 0 Å². The quantitative estimate of drug-likeness (QED) is 0.814. The molecule has 2 heterocycles. The molecule has 1 fully saturated rings. The van der Waals surface area contributed by atoms with E-state index in [4.69, 9.17) is 4.74 Å². The van der Waals surface area contributed by atoms with Crippen LogP contribution in [0.3, 0.4) is 0 Å². The van der Waals surface area contributed by atoms with Crippen molar-refractivity contribution in [2.45, 2.75) is 32.2 Å². The number of hydrogen-bond donors (Lipinski definition) is 0. The molecule has 94 valence electrons. The maximum Gasteiger partial charge on any atom is 0.223 e. The molecule has 0 saturated heterocycles. The molecule has 0 radical (unpaired) electrons.